The molecule has 6 nitrogen and oxygen atoms in total. The quantitative estimate of drug-likeness (QED) is 0.174. The van der Waals surface area contributed by atoms with Gasteiger partial charge in [0.1, 0.15) is 11.2 Å². The van der Waals surface area contributed by atoms with Crippen molar-refractivity contribution < 1.29 is 4.42 Å². The van der Waals surface area contributed by atoms with Crippen LogP contribution in [0.15, 0.2) is 217 Å². The Morgan fingerprint density at radius 2 is 0.812 bits per heavy atom. The van der Waals surface area contributed by atoms with Crippen LogP contribution in [0.2, 0.25) is 0 Å². The summed E-state index contributed by atoms with van der Waals surface area (Å²) in [6, 6.07) is 75.4. The van der Waals surface area contributed by atoms with Gasteiger partial charge in [0.05, 0.1) is 27.5 Å². The molecule has 6 heteroatoms. The Hall–Kier alpha value is -8.61. The van der Waals surface area contributed by atoms with Gasteiger partial charge in [-0.1, -0.05) is 170 Å². The molecule has 0 spiro atoms. The highest BCUT2D eigenvalue weighted by Gasteiger charge is 2.47. The van der Waals surface area contributed by atoms with Crippen molar-refractivity contribution in [2.24, 2.45) is 0 Å². The molecule has 64 heavy (non-hydrogen) atoms. The van der Waals surface area contributed by atoms with E-state index in [0.29, 0.717) is 17.7 Å². The van der Waals surface area contributed by atoms with Crippen LogP contribution in [-0.2, 0) is 5.41 Å². The number of rotatable bonds is 5. The molecule has 0 atom stereocenters. The smallest absolute Gasteiger partial charge is 0.240 e. The molecule has 0 saturated heterocycles. The van der Waals surface area contributed by atoms with E-state index in [2.05, 4.69) is 221 Å². The molecule has 9 aromatic carbocycles. The molecule has 0 bridgehead atoms. The van der Waals surface area contributed by atoms with Gasteiger partial charge in [-0.25, -0.2) is 0 Å². The number of fused-ring (bicyclic) bond motifs is 12. The lowest BCUT2D eigenvalue weighted by Crippen LogP contribution is -2.28. The van der Waals surface area contributed by atoms with E-state index in [4.69, 9.17) is 19.4 Å². The standard InChI is InChI=1S/C58H35N5O/c1-2-17-37(18-3-1)58(46-26-10-4-19-38(46)39-20-5-11-27-47(39)58)48-28-16-25-44-45-35-36(33-34-53(45)64-54(44)48)55-59-56(62-49-29-12-6-21-40(49)41-22-7-13-30-50(41)62)61-57(60-55)63-51-31-14-8-23-42(51)43-24-9-15-32-52(43)63/h1-35H. The average Bonchev–Trinajstić information content (AvgIpc) is 4.10. The van der Waals surface area contributed by atoms with Gasteiger partial charge in [0, 0.05) is 43.4 Å². The molecule has 1 aliphatic rings. The van der Waals surface area contributed by atoms with Crippen LogP contribution in [0.3, 0.4) is 0 Å². The third-order valence-electron chi connectivity index (χ3n) is 13.5. The first kappa shape index (κ1) is 35.0. The summed E-state index contributed by atoms with van der Waals surface area (Å²) < 4.78 is 11.4. The number of para-hydroxylation sites is 5. The van der Waals surface area contributed by atoms with Gasteiger partial charge in [-0.2, -0.15) is 15.0 Å². The first-order chi connectivity index (χ1) is 31.8. The fourth-order valence-electron chi connectivity index (χ4n) is 10.9. The SMILES string of the molecule is c1ccc(C2(c3cccc4c3oc3ccc(-c5nc(-n6c7ccccc7c7ccccc76)nc(-n6c7ccccc7c7ccccc76)n5)cc34)c3ccccc3-c3ccccc32)cc1. The van der Waals surface area contributed by atoms with Gasteiger partial charge in [0.25, 0.3) is 0 Å². The number of hydrogen-bond donors (Lipinski definition) is 0. The fraction of sp³-hybridized carbons (Fsp3) is 0.0172. The van der Waals surface area contributed by atoms with Crippen LogP contribution in [0.1, 0.15) is 22.3 Å². The number of nitrogens with zero attached hydrogens (tertiary/aromatic N) is 5. The Balaban J connectivity index is 1.03. The van der Waals surface area contributed by atoms with Gasteiger partial charge in [-0.05, 0) is 70.3 Å². The Morgan fingerprint density at radius 3 is 1.36 bits per heavy atom. The predicted molar refractivity (Wildman–Crippen MR) is 259 cm³/mol. The van der Waals surface area contributed by atoms with E-state index < -0.39 is 5.41 Å². The highest BCUT2D eigenvalue weighted by molar-refractivity contribution is 6.11. The minimum Gasteiger partial charge on any atom is -0.456 e. The molecular formula is C58H35N5O. The van der Waals surface area contributed by atoms with Crippen LogP contribution in [0.4, 0.5) is 0 Å². The zero-order valence-electron chi connectivity index (χ0n) is 34.4. The second-order valence-corrected chi connectivity index (χ2v) is 16.7. The summed E-state index contributed by atoms with van der Waals surface area (Å²) in [7, 11) is 0. The lowest BCUT2D eigenvalue weighted by atomic mass is 9.67. The monoisotopic (exact) mass is 817 g/mol. The first-order valence-electron chi connectivity index (χ1n) is 21.7. The Bertz CT molecular complexity index is 3760. The van der Waals surface area contributed by atoms with E-state index in [9.17, 15) is 0 Å². The fourth-order valence-corrected chi connectivity index (χ4v) is 10.9. The molecule has 0 aliphatic heterocycles. The topological polar surface area (TPSA) is 61.7 Å². The number of furan rings is 1. The van der Waals surface area contributed by atoms with Crippen molar-refractivity contribution in [2.45, 2.75) is 5.41 Å². The molecule has 4 heterocycles. The zero-order valence-corrected chi connectivity index (χ0v) is 34.4. The van der Waals surface area contributed by atoms with Crippen molar-refractivity contribution in [3.8, 4) is 34.4 Å². The molecule has 14 rings (SSSR count). The van der Waals surface area contributed by atoms with Gasteiger partial charge in [0.2, 0.25) is 11.9 Å². The molecule has 1 aliphatic carbocycles. The third-order valence-corrected chi connectivity index (χ3v) is 13.5. The Labute approximate surface area is 367 Å². The summed E-state index contributed by atoms with van der Waals surface area (Å²) in [5.74, 6) is 1.65. The van der Waals surface area contributed by atoms with Crippen LogP contribution in [-0.4, -0.2) is 24.1 Å². The van der Waals surface area contributed by atoms with Gasteiger partial charge in [-0.15, -0.1) is 0 Å². The molecular weight excluding hydrogens is 783 g/mol. The lowest BCUT2D eigenvalue weighted by molar-refractivity contribution is 0.648. The molecule has 0 radical (unpaired) electrons. The normalized spacial score (nSPS) is 13.1. The number of benzene rings is 9. The molecule has 0 unspecified atom stereocenters. The van der Waals surface area contributed by atoms with Crippen molar-refractivity contribution in [3.63, 3.8) is 0 Å². The molecule has 0 N–H and O–H groups in total. The van der Waals surface area contributed by atoms with Crippen LogP contribution in [0, 0.1) is 0 Å². The van der Waals surface area contributed by atoms with E-state index >= 15 is 0 Å². The van der Waals surface area contributed by atoms with E-state index in [1.807, 2.05) is 0 Å². The molecule has 298 valence electrons. The molecule has 0 fully saturated rings. The van der Waals surface area contributed by atoms with Crippen molar-refractivity contribution in [1.29, 1.82) is 0 Å². The largest absolute Gasteiger partial charge is 0.456 e. The van der Waals surface area contributed by atoms with Crippen LogP contribution >= 0.6 is 0 Å². The maximum atomic E-state index is 7.06. The maximum Gasteiger partial charge on any atom is 0.240 e. The first-order valence-corrected chi connectivity index (χ1v) is 21.7. The van der Waals surface area contributed by atoms with Gasteiger partial charge >= 0.3 is 0 Å². The van der Waals surface area contributed by atoms with E-state index in [-0.39, 0.29) is 0 Å². The van der Waals surface area contributed by atoms with E-state index in [1.165, 1.54) is 27.8 Å². The number of hydrogen-bond acceptors (Lipinski definition) is 4. The average molecular weight is 818 g/mol. The third kappa shape index (κ3) is 4.71. The molecule has 4 aromatic heterocycles. The molecule has 13 aromatic rings. The predicted octanol–water partition coefficient (Wildman–Crippen LogP) is 14.0. The van der Waals surface area contributed by atoms with Crippen molar-refractivity contribution in [2.75, 3.05) is 0 Å². The molecule has 0 saturated carbocycles. The highest BCUT2D eigenvalue weighted by Crippen LogP contribution is 2.57. The summed E-state index contributed by atoms with van der Waals surface area (Å²) in [5.41, 5.74) is 13.3. The van der Waals surface area contributed by atoms with E-state index in [0.717, 1.165) is 76.7 Å². The van der Waals surface area contributed by atoms with Gasteiger partial charge in [-0.3, -0.25) is 9.13 Å². The van der Waals surface area contributed by atoms with Crippen LogP contribution in [0.5, 0.6) is 0 Å². The van der Waals surface area contributed by atoms with Crippen LogP contribution in [0.25, 0.3) is 100.0 Å². The summed E-state index contributed by atoms with van der Waals surface area (Å²) >= 11 is 0. The molecule has 0 amide bonds. The summed E-state index contributed by atoms with van der Waals surface area (Å²) in [5, 5.41) is 6.59. The van der Waals surface area contributed by atoms with Crippen molar-refractivity contribution >= 4 is 65.6 Å². The Kier molecular flexibility index (Phi) is 7.22. The maximum absolute atomic E-state index is 7.06. The van der Waals surface area contributed by atoms with Gasteiger partial charge < -0.3 is 4.42 Å². The summed E-state index contributed by atoms with van der Waals surface area (Å²) in [6.07, 6.45) is 0. The van der Waals surface area contributed by atoms with E-state index in [1.54, 1.807) is 0 Å². The second-order valence-electron chi connectivity index (χ2n) is 16.7. The van der Waals surface area contributed by atoms with Crippen molar-refractivity contribution in [1.82, 2.24) is 24.1 Å². The highest BCUT2D eigenvalue weighted by atomic mass is 16.3. The Morgan fingerprint density at radius 1 is 0.359 bits per heavy atom. The minimum absolute atomic E-state index is 0.544. The minimum atomic E-state index is -0.604. The lowest BCUT2D eigenvalue weighted by Gasteiger charge is -2.33. The summed E-state index contributed by atoms with van der Waals surface area (Å²) in [4.78, 5) is 16.1. The second kappa shape index (κ2) is 13.2. The van der Waals surface area contributed by atoms with Crippen molar-refractivity contribution in [3.05, 3.63) is 235 Å². The number of aromatic nitrogens is 5. The zero-order chi connectivity index (χ0) is 41.9. The summed E-state index contributed by atoms with van der Waals surface area (Å²) in [6.45, 7) is 0. The van der Waals surface area contributed by atoms with Gasteiger partial charge in [0.15, 0.2) is 5.82 Å². The van der Waals surface area contributed by atoms with Crippen LogP contribution < -0.4 is 0 Å².